The first-order valence-electron chi connectivity index (χ1n) is 5.10. The van der Waals surface area contributed by atoms with E-state index in [0.717, 1.165) is 6.92 Å². The highest BCUT2D eigenvalue weighted by Crippen LogP contribution is 2.35. The first-order chi connectivity index (χ1) is 8.36. The number of benzene rings is 1. The molecule has 18 heavy (non-hydrogen) atoms. The third kappa shape index (κ3) is 2.78. The van der Waals surface area contributed by atoms with Crippen molar-refractivity contribution in [2.24, 2.45) is 0 Å². The maximum Gasteiger partial charge on any atom is 0.300 e. The Morgan fingerprint density at radius 1 is 1.22 bits per heavy atom. The van der Waals surface area contributed by atoms with Gasteiger partial charge in [-0.15, -0.1) is 0 Å². The van der Waals surface area contributed by atoms with Gasteiger partial charge in [0.2, 0.25) is 5.91 Å². The minimum Gasteiger partial charge on any atom is -0.315 e. The molecule has 0 saturated carbocycles. The molecule has 0 aliphatic carbocycles. The number of hydrogen-bond donors (Lipinski definition) is 1. The highest BCUT2D eigenvalue weighted by atomic mass is 16.6. The van der Waals surface area contributed by atoms with Crippen molar-refractivity contribution >= 4 is 23.0 Å². The first-order valence-corrected chi connectivity index (χ1v) is 5.10. The van der Waals surface area contributed by atoms with Crippen LogP contribution in [0.4, 0.5) is 17.1 Å². The van der Waals surface area contributed by atoms with Crippen molar-refractivity contribution in [3.8, 4) is 0 Å². The average Bonchev–Trinajstić information content (AvgIpc) is 2.27. The molecule has 1 rings (SSSR count). The second-order valence-electron chi connectivity index (χ2n) is 3.56. The number of nitro groups is 2. The third-order valence-corrected chi connectivity index (χ3v) is 2.26. The molecule has 1 amide bonds. The molecular weight excluding hydrogens is 242 g/mol. The molecule has 96 valence electrons. The summed E-state index contributed by atoms with van der Waals surface area (Å²) in [7, 11) is 0. The fourth-order valence-electron chi connectivity index (χ4n) is 1.46. The molecule has 0 aliphatic rings. The number of carbonyl (C=O) groups excluding carboxylic acids is 1. The number of rotatable bonds is 4. The van der Waals surface area contributed by atoms with Gasteiger partial charge in [-0.3, -0.25) is 25.0 Å². The summed E-state index contributed by atoms with van der Waals surface area (Å²) >= 11 is 0. The highest BCUT2D eigenvalue weighted by molar-refractivity contribution is 5.94. The van der Waals surface area contributed by atoms with Crippen LogP contribution in [0.1, 0.15) is 19.4 Å². The Morgan fingerprint density at radius 2 is 1.67 bits per heavy atom. The summed E-state index contributed by atoms with van der Waals surface area (Å²) in [5.74, 6) is -0.606. The van der Waals surface area contributed by atoms with E-state index < -0.39 is 27.1 Å². The SMILES string of the molecule is CCc1cc([N+](=O)[O-])c(NC(C)=O)c([N+](=O)[O-])c1. The van der Waals surface area contributed by atoms with Crippen molar-refractivity contribution in [2.45, 2.75) is 20.3 Å². The lowest BCUT2D eigenvalue weighted by Crippen LogP contribution is -2.11. The van der Waals surface area contributed by atoms with E-state index in [-0.39, 0.29) is 5.69 Å². The topological polar surface area (TPSA) is 115 Å². The average molecular weight is 253 g/mol. The number of nitrogens with one attached hydrogen (secondary N) is 1. The Balaban J connectivity index is 3.54. The molecule has 0 bridgehead atoms. The maximum absolute atomic E-state index is 11.0. The smallest absolute Gasteiger partial charge is 0.300 e. The second kappa shape index (κ2) is 5.21. The summed E-state index contributed by atoms with van der Waals surface area (Å²) in [6, 6.07) is 2.44. The fourth-order valence-corrected chi connectivity index (χ4v) is 1.46. The van der Waals surface area contributed by atoms with Gasteiger partial charge in [0, 0.05) is 19.1 Å². The number of carbonyl (C=O) groups is 1. The van der Waals surface area contributed by atoms with E-state index >= 15 is 0 Å². The number of nitrogens with zero attached hydrogens (tertiary/aromatic N) is 2. The molecule has 1 aromatic rings. The normalized spacial score (nSPS) is 9.89. The van der Waals surface area contributed by atoms with Crippen LogP contribution >= 0.6 is 0 Å². The minimum atomic E-state index is -0.753. The van der Waals surface area contributed by atoms with Crippen molar-refractivity contribution in [3.63, 3.8) is 0 Å². The summed E-state index contributed by atoms with van der Waals surface area (Å²) in [5, 5.41) is 23.9. The van der Waals surface area contributed by atoms with Crippen LogP contribution in [0.3, 0.4) is 0 Å². The van der Waals surface area contributed by atoms with Crippen molar-refractivity contribution in [3.05, 3.63) is 37.9 Å². The van der Waals surface area contributed by atoms with Gasteiger partial charge in [-0.1, -0.05) is 6.92 Å². The van der Waals surface area contributed by atoms with Crippen molar-refractivity contribution in [1.29, 1.82) is 0 Å². The fraction of sp³-hybridized carbons (Fsp3) is 0.300. The van der Waals surface area contributed by atoms with Crippen molar-refractivity contribution in [2.75, 3.05) is 5.32 Å². The molecular formula is C10H11N3O5. The second-order valence-corrected chi connectivity index (χ2v) is 3.56. The number of anilines is 1. The van der Waals surface area contributed by atoms with Gasteiger partial charge < -0.3 is 5.32 Å². The van der Waals surface area contributed by atoms with Gasteiger partial charge in [-0.25, -0.2) is 0 Å². The molecule has 1 N–H and O–H groups in total. The monoisotopic (exact) mass is 253 g/mol. The molecule has 8 nitrogen and oxygen atoms in total. The Labute approximate surface area is 102 Å². The largest absolute Gasteiger partial charge is 0.315 e. The van der Waals surface area contributed by atoms with Crippen LogP contribution in [0, 0.1) is 20.2 Å². The maximum atomic E-state index is 11.0. The van der Waals surface area contributed by atoms with Crippen LogP contribution in [0.2, 0.25) is 0 Å². The van der Waals surface area contributed by atoms with E-state index in [1.165, 1.54) is 12.1 Å². The third-order valence-electron chi connectivity index (χ3n) is 2.26. The van der Waals surface area contributed by atoms with Gasteiger partial charge in [0.05, 0.1) is 9.85 Å². The van der Waals surface area contributed by atoms with Gasteiger partial charge in [0.25, 0.3) is 11.4 Å². The number of nitro benzene ring substituents is 2. The molecule has 0 aliphatic heterocycles. The molecule has 0 fully saturated rings. The first kappa shape index (κ1) is 13.6. The van der Waals surface area contributed by atoms with Crippen LogP contribution in [-0.2, 0) is 11.2 Å². The van der Waals surface area contributed by atoms with Crippen LogP contribution in [0.5, 0.6) is 0 Å². The summed E-state index contributed by atoms with van der Waals surface area (Å²) in [5.41, 5.74) is -0.871. The Morgan fingerprint density at radius 3 is 1.94 bits per heavy atom. The van der Waals surface area contributed by atoms with E-state index in [1.807, 2.05) is 0 Å². The number of aryl methyl sites for hydroxylation is 1. The number of hydrogen-bond acceptors (Lipinski definition) is 5. The van der Waals surface area contributed by atoms with Crippen LogP contribution in [0.25, 0.3) is 0 Å². The molecule has 0 saturated heterocycles. The molecule has 0 aromatic heterocycles. The zero-order chi connectivity index (χ0) is 13.9. The van der Waals surface area contributed by atoms with E-state index in [0.29, 0.717) is 12.0 Å². The van der Waals surface area contributed by atoms with E-state index in [9.17, 15) is 25.0 Å². The lowest BCUT2D eigenvalue weighted by Gasteiger charge is -2.06. The van der Waals surface area contributed by atoms with Gasteiger partial charge in [0.15, 0.2) is 5.69 Å². The molecule has 0 unspecified atom stereocenters. The lowest BCUT2D eigenvalue weighted by molar-refractivity contribution is -0.392. The van der Waals surface area contributed by atoms with Gasteiger partial charge in [0.1, 0.15) is 0 Å². The minimum absolute atomic E-state index is 0.380. The summed E-state index contributed by atoms with van der Waals surface area (Å²) in [4.78, 5) is 31.2. The standard InChI is InChI=1S/C10H11N3O5/c1-3-7-4-8(12(15)16)10(11-6(2)14)9(5-7)13(17)18/h4-5H,3H2,1-2H3,(H,11,14). The van der Waals surface area contributed by atoms with Crippen LogP contribution in [-0.4, -0.2) is 15.8 Å². The summed E-state index contributed by atoms with van der Waals surface area (Å²) in [6.07, 6.45) is 0.419. The quantitative estimate of drug-likeness (QED) is 0.650. The number of amides is 1. The molecule has 1 aromatic carbocycles. The van der Waals surface area contributed by atoms with E-state index in [4.69, 9.17) is 0 Å². The lowest BCUT2D eigenvalue weighted by atomic mass is 10.1. The molecule has 0 radical (unpaired) electrons. The Hall–Kier alpha value is -2.51. The van der Waals surface area contributed by atoms with E-state index in [2.05, 4.69) is 5.32 Å². The molecule has 0 atom stereocenters. The summed E-state index contributed by atoms with van der Waals surface area (Å²) in [6.45, 7) is 2.85. The summed E-state index contributed by atoms with van der Waals surface area (Å²) < 4.78 is 0. The van der Waals surface area contributed by atoms with Gasteiger partial charge in [-0.05, 0) is 12.0 Å². The van der Waals surface area contributed by atoms with E-state index in [1.54, 1.807) is 6.92 Å². The highest BCUT2D eigenvalue weighted by Gasteiger charge is 2.27. The Bertz CT molecular complexity index is 491. The zero-order valence-corrected chi connectivity index (χ0v) is 9.80. The van der Waals surface area contributed by atoms with Crippen LogP contribution < -0.4 is 5.32 Å². The van der Waals surface area contributed by atoms with Crippen molar-refractivity contribution in [1.82, 2.24) is 0 Å². The zero-order valence-electron chi connectivity index (χ0n) is 9.80. The molecule has 0 heterocycles. The predicted molar refractivity (Wildman–Crippen MR) is 63.4 cm³/mol. The van der Waals surface area contributed by atoms with Crippen molar-refractivity contribution < 1.29 is 14.6 Å². The van der Waals surface area contributed by atoms with Gasteiger partial charge in [-0.2, -0.15) is 0 Å². The predicted octanol–water partition coefficient (Wildman–Crippen LogP) is 2.02. The Kier molecular flexibility index (Phi) is 3.93. The molecule has 8 heteroatoms. The molecule has 0 spiro atoms. The van der Waals surface area contributed by atoms with Crippen LogP contribution in [0.15, 0.2) is 12.1 Å². The van der Waals surface area contributed by atoms with Gasteiger partial charge >= 0.3 is 0 Å².